The molecular weight excluding hydrogens is 339 g/mol. The summed E-state index contributed by atoms with van der Waals surface area (Å²) in [6.07, 6.45) is -3.87. The lowest BCUT2D eigenvalue weighted by atomic mass is 10.1. The summed E-state index contributed by atoms with van der Waals surface area (Å²) in [6, 6.07) is 4.28. The number of halogens is 3. The molecule has 1 unspecified atom stereocenters. The number of likely N-dealkylation sites (tertiary alicyclic amines) is 1. The topological polar surface area (TPSA) is 72.9 Å². The Balaban J connectivity index is 1.74. The van der Waals surface area contributed by atoms with Crippen LogP contribution in [0.5, 0.6) is 11.5 Å². The number of para-hydroxylation sites is 1. The van der Waals surface area contributed by atoms with Crippen molar-refractivity contribution in [1.29, 1.82) is 0 Å². The maximum Gasteiger partial charge on any atom is 0.586 e. The molecule has 1 fully saturated rings. The zero-order valence-corrected chi connectivity index (χ0v) is 12.5. The second kappa shape index (κ2) is 5.29. The number of benzene rings is 1. The highest BCUT2D eigenvalue weighted by molar-refractivity contribution is 7.86. The quantitative estimate of drug-likeness (QED) is 0.772. The van der Waals surface area contributed by atoms with E-state index in [1.165, 1.54) is 23.1 Å². The molecule has 2 aliphatic rings. The molecule has 2 aliphatic heterocycles. The first-order chi connectivity index (χ1) is 10.6. The average molecular weight is 351 g/mol. The number of fused-ring (bicyclic) bond motifs is 1. The van der Waals surface area contributed by atoms with Gasteiger partial charge in [0.05, 0.1) is 5.75 Å². The molecule has 0 aromatic heterocycles. The van der Waals surface area contributed by atoms with Crippen molar-refractivity contribution in [3.8, 4) is 11.5 Å². The molecule has 0 spiro atoms. The minimum Gasteiger partial charge on any atom is -0.395 e. The van der Waals surface area contributed by atoms with Crippen LogP contribution < -0.4 is 9.47 Å². The van der Waals surface area contributed by atoms with E-state index in [2.05, 4.69) is 9.47 Å². The third-order valence-corrected chi connectivity index (χ3v) is 4.47. The number of hydrogen-bond acceptors (Lipinski definition) is 5. The van der Waals surface area contributed by atoms with Gasteiger partial charge in [-0.05, 0) is 6.07 Å². The van der Waals surface area contributed by atoms with Crippen molar-refractivity contribution in [2.75, 3.05) is 12.3 Å². The molecule has 0 saturated carbocycles. The standard InChI is InChI=1S/C13H12F3NO5S/c14-13(15)21-10-3-1-2-9(12(10)22-13)6-17-5-8(4-11(17)18)7-23(16,19)20/h1-3,8H,4-7H2. The van der Waals surface area contributed by atoms with Gasteiger partial charge in [0.2, 0.25) is 5.91 Å². The van der Waals surface area contributed by atoms with Gasteiger partial charge in [-0.15, -0.1) is 12.7 Å². The van der Waals surface area contributed by atoms with Crippen LogP contribution in [0.15, 0.2) is 18.2 Å². The zero-order valence-electron chi connectivity index (χ0n) is 11.7. The summed E-state index contributed by atoms with van der Waals surface area (Å²) in [5.41, 5.74) is 0.303. The Kier molecular flexibility index (Phi) is 3.66. The fourth-order valence-corrected chi connectivity index (χ4v) is 3.54. The van der Waals surface area contributed by atoms with E-state index in [0.717, 1.165) is 0 Å². The molecular formula is C13H12F3NO5S. The molecule has 1 amide bonds. The molecule has 1 atom stereocenters. The largest absolute Gasteiger partial charge is 0.586 e. The Morgan fingerprint density at radius 2 is 2.04 bits per heavy atom. The lowest BCUT2D eigenvalue weighted by Crippen LogP contribution is -2.27. The zero-order chi connectivity index (χ0) is 16.8. The Hall–Kier alpha value is -1.97. The van der Waals surface area contributed by atoms with E-state index in [1.807, 2.05) is 0 Å². The van der Waals surface area contributed by atoms with Gasteiger partial charge in [-0.3, -0.25) is 4.79 Å². The highest BCUT2D eigenvalue weighted by atomic mass is 32.3. The first kappa shape index (κ1) is 15.9. The van der Waals surface area contributed by atoms with E-state index in [-0.39, 0.29) is 36.9 Å². The number of hydrogen-bond donors (Lipinski definition) is 0. The lowest BCUT2D eigenvalue weighted by Gasteiger charge is -2.17. The molecule has 0 N–H and O–H groups in total. The number of rotatable bonds is 4. The van der Waals surface area contributed by atoms with Gasteiger partial charge in [-0.2, -0.15) is 8.42 Å². The third kappa shape index (κ3) is 3.52. The van der Waals surface area contributed by atoms with Crippen LogP contribution in [-0.2, 0) is 21.6 Å². The van der Waals surface area contributed by atoms with E-state index in [0.29, 0.717) is 5.56 Å². The molecule has 10 heteroatoms. The van der Waals surface area contributed by atoms with Crippen molar-refractivity contribution in [3.05, 3.63) is 23.8 Å². The van der Waals surface area contributed by atoms with Crippen LogP contribution >= 0.6 is 0 Å². The van der Waals surface area contributed by atoms with Crippen LogP contribution in [-0.4, -0.2) is 37.8 Å². The SMILES string of the molecule is O=C1CC(CS(=O)(=O)F)CN1Cc1cccc2c1OC(F)(F)O2. The number of carbonyl (C=O) groups is 1. The van der Waals surface area contributed by atoms with Crippen molar-refractivity contribution in [2.45, 2.75) is 19.3 Å². The maximum absolute atomic E-state index is 13.1. The van der Waals surface area contributed by atoms with Gasteiger partial charge in [0.15, 0.2) is 11.5 Å². The molecule has 1 saturated heterocycles. The maximum atomic E-state index is 13.1. The molecule has 1 aromatic rings. The van der Waals surface area contributed by atoms with Gasteiger partial charge < -0.3 is 14.4 Å². The Morgan fingerprint density at radius 1 is 1.30 bits per heavy atom. The van der Waals surface area contributed by atoms with Gasteiger partial charge in [-0.25, -0.2) is 0 Å². The number of ether oxygens (including phenoxy) is 2. The molecule has 0 aliphatic carbocycles. The fourth-order valence-electron chi connectivity index (χ4n) is 2.76. The summed E-state index contributed by atoms with van der Waals surface area (Å²) in [7, 11) is -4.67. The number of amides is 1. The fraction of sp³-hybridized carbons (Fsp3) is 0.462. The van der Waals surface area contributed by atoms with E-state index >= 15 is 0 Å². The molecule has 1 aromatic carbocycles. The predicted octanol–water partition coefficient (Wildman–Crippen LogP) is 1.66. The van der Waals surface area contributed by atoms with E-state index in [9.17, 15) is 25.9 Å². The molecule has 6 nitrogen and oxygen atoms in total. The Labute approximate surface area is 130 Å². The molecule has 126 valence electrons. The van der Waals surface area contributed by atoms with Gasteiger partial charge in [-0.1, -0.05) is 12.1 Å². The van der Waals surface area contributed by atoms with Gasteiger partial charge in [0.25, 0.3) is 0 Å². The molecule has 3 rings (SSSR count). The normalized spacial score (nSPS) is 22.7. The third-order valence-electron chi connectivity index (χ3n) is 3.60. The van der Waals surface area contributed by atoms with Crippen LogP contribution in [0.2, 0.25) is 0 Å². The minimum atomic E-state index is -4.67. The predicted molar refractivity (Wildman–Crippen MR) is 71.1 cm³/mol. The van der Waals surface area contributed by atoms with Crippen LogP contribution in [0.3, 0.4) is 0 Å². The first-order valence-electron chi connectivity index (χ1n) is 6.71. The van der Waals surface area contributed by atoms with Gasteiger partial charge in [0, 0.05) is 31.0 Å². The summed E-state index contributed by atoms with van der Waals surface area (Å²) in [5, 5.41) is 0. The van der Waals surface area contributed by atoms with Crippen LogP contribution in [0.4, 0.5) is 12.7 Å². The molecule has 23 heavy (non-hydrogen) atoms. The van der Waals surface area contributed by atoms with Crippen molar-refractivity contribution >= 4 is 16.1 Å². The lowest BCUT2D eigenvalue weighted by molar-refractivity contribution is -0.287. The second-order valence-corrected chi connectivity index (χ2v) is 6.87. The molecule has 0 bridgehead atoms. The van der Waals surface area contributed by atoms with E-state index < -0.39 is 28.2 Å². The summed E-state index contributed by atoms with van der Waals surface area (Å²) in [6.45, 7) is -0.0207. The van der Waals surface area contributed by atoms with Crippen molar-refractivity contribution in [2.24, 2.45) is 5.92 Å². The summed E-state index contributed by atoms with van der Waals surface area (Å²) >= 11 is 0. The van der Waals surface area contributed by atoms with Crippen molar-refractivity contribution in [1.82, 2.24) is 4.90 Å². The molecule has 0 radical (unpaired) electrons. The smallest absolute Gasteiger partial charge is 0.395 e. The van der Waals surface area contributed by atoms with Crippen LogP contribution in [0.1, 0.15) is 12.0 Å². The Bertz CT molecular complexity index is 752. The first-order valence-corrected chi connectivity index (χ1v) is 8.26. The average Bonchev–Trinajstić information content (AvgIpc) is 2.87. The van der Waals surface area contributed by atoms with E-state index in [4.69, 9.17) is 0 Å². The summed E-state index contributed by atoms with van der Waals surface area (Å²) < 4.78 is 69.0. The van der Waals surface area contributed by atoms with Crippen molar-refractivity contribution < 1.29 is 35.4 Å². The number of alkyl halides is 2. The minimum absolute atomic E-state index is 0.0307. The van der Waals surface area contributed by atoms with Crippen LogP contribution in [0.25, 0.3) is 0 Å². The summed E-state index contributed by atoms with van der Waals surface area (Å²) in [5.74, 6) is -2.07. The molecule has 2 heterocycles. The highest BCUT2D eigenvalue weighted by Gasteiger charge is 2.45. The number of carbonyl (C=O) groups excluding carboxylic acids is 1. The Morgan fingerprint density at radius 3 is 2.74 bits per heavy atom. The highest BCUT2D eigenvalue weighted by Crippen LogP contribution is 2.43. The van der Waals surface area contributed by atoms with Gasteiger partial charge >= 0.3 is 16.5 Å². The second-order valence-electron chi connectivity index (χ2n) is 5.46. The van der Waals surface area contributed by atoms with Gasteiger partial charge in [0.1, 0.15) is 0 Å². The van der Waals surface area contributed by atoms with Crippen molar-refractivity contribution in [3.63, 3.8) is 0 Å². The van der Waals surface area contributed by atoms with Crippen LogP contribution in [0, 0.1) is 5.92 Å². The number of nitrogens with zero attached hydrogens (tertiary/aromatic N) is 1. The monoisotopic (exact) mass is 351 g/mol. The summed E-state index contributed by atoms with van der Waals surface area (Å²) in [4.78, 5) is 13.2. The van der Waals surface area contributed by atoms with E-state index in [1.54, 1.807) is 0 Å².